The molecule has 118 valence electrons. The topological polar surface area (TPSA) is 86.7 Å². The molecule has 0 N–H and O–H groups in total. The van der Waals surface area contributed by atoms with Crippen LogP contribution in [0, 0.1) is 13.8 Å². The molecule has 0 saturated carbocycles. The van der Waals surface area contributed by atoms with Gasteiger partial charge in [-0.3, -0.25) is 0 Å². The summed E-state index contributed by atoms with van der Waals surface area (Å²) in [5.74, 6) is 0. The van der Waals surface area contributed by atoms with Crippen molar-refractivity contribution in [3.05, 3.63) is 59.7 Å². The number of rotatable bonds is 5. The lowest BCUT2D eigenvalue weighted by Gasteiger charge is -2.06. The second-order valence-corrected chi connectivity index (χ2v) is 7.71. The molecule has 22 heavy (non-hydrogen) atoms. The smallest absolute Gasteiger partial charge is 0.192 e. The molecule has 0 atom stereocenters. The second kappa shape index (κ2) is 6.17. The van der Waals surface area contributed by atoms with Gasteiger partial charge in [-0.15, -0.1) is 0 Å². The highest BCUT2D eigenvalue weighted by molar-refractivity contribution is 7.89. The van der Waals surface area contributed by atoms with Gasteiger partial charge in [-0.2, -0.15) is 16.8 Å². The predicted octanol–water partition coefficient (Wildman–Crippen LogP) is 2.33. The van der Waals surface area contributed by atoms with Crippen LogP contribution in [0.5, 0.6) is 0 Å². The molecule has 0 aliphatic heterocycles. The predicted molar refractivity (Wildman–Crippen MR) is 78.9 cm³/mol. The van der Waals surface area contributed by atoms with E-state index in [1.54, 1.807) is 26.0 Å². The molecule has 0 bridgehead atoms. The molecule has 0 unspecified atom stereocenters. The molecular formula is C14H14O6S2. The van der Waals surface area contributed by atoms with Crippen molar-refractivity contribution in [2.24, 2.45) is 0 Å². The highest BCUT2D eigenvalue weighted by Crippen LogP contribution is 2.19. The first kappa shape index (κ1) is 16.6. The fourth-order valence-electron chi connectivity index (χ4n) is 1.69. The zero-order valence-corrected chi connectivity index (χ0v) is 13.5. The largest absolute Gasteiger partial charge is 0.324 e. The minimum atomic E-state index is -4.34. The van der Waals surface area contributed by atoms with E-state index >= 15 is 0 Å². The summed E-state index contributed by atoms with van der Waals surface area (Å²) < 4.78 is 56.1. The Balaban J connectivity index is 2.22. The van der Waals surface area contributed by atoms with E-state index in [9.17, 15) is 16.8 Å². The summed E-state index contributed by atoms with van der Waals surface area (Å²) >= 11 is 0. The van der Waals surface area contributed by atoms with Gasteiger partial charge in [0.1, 0.15) is 0 Å². The van der Waals surface area contributed by atoms with E-state index in [1.807, 2.05) is 0 Å². The maximum Gasteiger partial charge on any atom is 0.324 e. The summed E-state index contributed by atoms with van der Waals surface area (Å²) in [4.78, 5) is -0.376. The van der Waals surface area contributed by atoms with E-state index in [0.29, 0.717) is 11.1 Å². The van der Waals surface area contributed by atoms with Gasteiger partial charge in [-0.25, -0.2) is 0 Å². The van der Waals surface area contributed by atoms with Gasteiger partial charge in [0.05, 0.1) is 9.79 Å². The summed E-state index contributed by atoms with van der Waals surface area (Å²) in [5, 5.41) is 0. The maximum absolute atomic E-state index is 11.9. The molecule has 0 amide bonds. The number of aryl methyl sites for hydroxylation is 2. The van der Waals surface area contributed by atoms with Gasteiger partial charge in [0, 0.05) is 0 Å². The SMILES string of the molecule is Cc1cccc(S(=O)(=O)OOS(=O)(=O)c2cccc(C)c2)c1. The van der Waals surface area contributed by atoms with Gasteiger partial charge in [0.2, 0.25) is 0 Å². The number of benzene rings is 2. The van der Waals surface area contributed by atoms with Gasteiger partial charge >= 0.3 is 20.2 Å². The molecule has 0 fully saturated rings. The van der Waals surface area contributed by atoms with Crippen LogP contribution >= 0.6 is 0 Å². The molecule has 0 heterocycles. The van der Waals surface area contributed by atoms with Crippen molar-refractivity contribution >= 4 is 20.2 Å². The molecule has 0 spiro atoms. The Kier molecular flexibility index (Phi) is 4.66. The molecule has 2 rings (SSSR count). The zero-order chi connectivity index (χ0) is 16.4. The molecule has 8 heteroatoms. The molecule has 2 aromatic rings. The van der Waals surface area contributed by atoms with Gasteiger partial charge in [-0.1, -0.05) is 32.9 Å². The lowest BCUT2D eigenvalue weighted by Crippen LogP contribution is -2.13. The molecule has 0 radical (unpaired) electrons. The first-order valence-electron chi connectivity index (χ1n) is 6.22. The van der Waals surface area contributed by atoms with Crippen molar-refractivity contribution in [1.82, 2.24) is 0 Å². The normalized spacial score (nSPS) is 12.3. The van der Waals surface area contributed by atoms with E-state index in [1.165, 1.54) is 36.4 Å². The van der Waals surface area contributed by atoms with Crippen LogP contribution in [-0.4, -0.2) is 16.8 Å². The minimum Gasteiger partial charge on any atom is -0.192 e. The first-order chi connectivity index (χ1) is 10.2. The summed E-state index contributed by atoms with van der Waals surface area (Å²) in [6, 6.07) is 11.7. The fourth-order valence-corrected chi connectivity index (χ4v) is 3.59. The molecular weight excluding hydrogens is 328 g/mol. The van der Waals surface area contributed by atoms with E-state index < -0.39 is 20.2 Å². The summed E-state index contributed by atoms with van der Waals surface area (Å²) in [5.41, 5.74) is 1.37. The van der Waals surface area contributed by atoms with Gasteiger partial charge in [-0.05, 0) is 49.2 Å². The van der Waals surface area contributed by atoms with Crippen molar-refractivity contribution in [3.63, 3.8) is 0 Å². The minimum absolute atomic E-state index is 0.188. The van der Waals surface area contributed by atoms with Gasteiger partial charge in [0.15, 0.2) is 0 Å². The van der Waals surface area contributed by atoms with Crippen LogP contribution in [0.2, 0.25) is 0 Å². The summed E-state index contributed by atoms with van der Waals surface area (Å²) in [6.45, 7) is 3.40. The van der Waals surface area contributed by atoms with E-state index in [0.717, 1.165) is 0 Å². The Bertz CT molecular complexity index is 810. The average Bonchev–Trinajstić information content (AvgIpc) is 2.45. The van der Waals surface area contributed by atoms with Gasteiger partial charge in [0.25, 0.3) is 0 Å². The van der Waals surface area contributed by atoms with Crippen molar-refractivity contribution in [1.29, 1.82) is 0 Å². The Morgan fingerprint density at radius 3 is 1.36 bits per heavy atom. The van der Waals surface area contributed by atoms with Crippen LogP contribution in [0.25, 0.3) is 0 Å². The van der Waals surface area contributed by atoms with Crippen molar-refractivity contribution < 1.29 is 25.5 Å². The van der Waals surface area contributed by atoms with Crippen LogP contribution in [0.1, 0.15) is 11.1 Å². The molecule has 0 saturated heterocycles. The standard InChI is InChI=1S/C14H14O6S2/c1-11-5-3-7-13(9-11)21(15,16)19-20-22(17,18)14-8-4-6-12(2)10-14/h3-10H,1-2H3. The summed E-state index contributed by atoms with van der Waals surface area (Å²) in [7, 11) is -8.67. The average molecular weight is 342 g/mol. The van der Waals surface area contributed by atoms with Crippen LogP contribution in [0.4, 0.5) is 0 Å². The van der Waals surface area contributed by atoms with Crippen LogP contribution in [0.3, 0.4) is 0 Å². The molecule has 0 aromatic heterocycles. The first-order valence-corrected chi connectivity index (χ1v) is 9.03. The fraction of sp³-hybridized carbons (Fsp3) is 0.143. The van der Waals surface area contributed by atoms with Crippen molar-refractivity contribution in [2.75, 3.05) is 0 Å². The number of hydrogen-bond acceptors (Lipinski definition) is 6. The Morgan fingerprint density at radius 2 is 1.05 bits per heavy atom. The van der Waals surface area contributed by atoms with Crippen LogP contribution < -0.4 is 0 Å². The van der Waals surface area contributed by atoms with Crippen LogP contribution in [0.15, 0.2) is 58.3 Å². The molecule has 0 aliphatic rings. The van der Waals surface area contributed by atoms with Crippen LogP contribution in [-0.2, 0) is 28.9 Å². The van der Waals surface area contributed by atoms with E-state index in [2.05, 4.69) is 8.67 Å². The van der Waals surface area contributed by atoms with Crippen molar-refractivity contribution in [3.8, 4) is 0 Å². The van der Waals surface area contributed by atoms with E-state index in [-0.39, 0.29) is 9.79 Å². The van der Waals surface area contributed by atoms with E-state index in [4.69, 9.17) is 0 Å². The summed E-state index contributed by atoms with van der Waals surface area (Å²) in [6.07, 6.45) is 0. The Hall–Kier alpha value is -1.74. The highest BCUT2D eigenvalue weighted by atomic mass is 32.2. The number of hydrogen-bond donors (Lipinski definition) is 0. The lowest BCUT2D eigenvalue weighted by atomic mass is 10.2. The second-order valence-electron chi connectivity index (χ2n) is 4.68. The third kappa shape index (κ3) is 3.92. The molecule has 0 aliphatic carbocycles. The third-order valence-electron chi connectivity index (χ3n) is 2.76. The third-order valence-corrected chi connectivity index (χ3v) is 5.01. The van der Waals surface area contributed by atoms with Gasteiger partial charge < -0.3 is 0 Å². The van der Waals surface area contributed by atoms with Crippen molar-refractivity contribution in [2.45, 2.75) is 23.6 Å². The zero-order valence-electron chi connectivity index (χ0n) is 11.9. The Labute approximate surface area is 129 Å². The monoisotopic (exact) mass is 342 g/mol. The highest BCUT2D eigenvalue weighted by Gasteiger charge is 2.23. The Morgan fingerprint density at radius 1 is 0.682 bits per heavy atom. The molecule has 2 aromatic carbocycles. The lowest BCUT2D eigenvalue weighted by molar-refractivity contribution is -0.0851. The quantitative estimate of drug-likeness (QED) is 0.612. The maximum atomic E-state index is 11.9. The molecule has 6 nitrogen and oxygen atoms in total.